The molecule has 3 rings (SSSR count). The van der Waals surface area contributed by atoms with E-state index in [1.165, 1.54) is 11.3 Å². The van der Waals surface area contributed by atoms with Crippen molar-refractivity contribution in [2.24, 2.45) is 5.92 Å². The van der Waals surface area contributed by atoms with E-state index in [0.29, 0.717) is 23.9 Å². The molecule has 2 aromatic rings. The predicted octanol–water partition coefficient (Wildman–Crippen LogP) is 4.01. The first-order valence-electron chi connectivity index (χ1n) is 10.0. The van der Waals surface area contributed by atoms with Crippen LogP contribution in [0.3, 0.4) is 0 Å². The molecule has 3 heterocycles. The summed E-state index contributed by atoms with van der Waals surface area (Å²) in [5.74, 6) is 0.422. The number of aromatic nitrogens is 2. The highest BCUT2D eigenvalue weighted by atomic mass is 32.1. The molecular formula is C21H30N4O3S. The minimum Gasteiger partial charge on any atom is -0.444 e. The van der Waals surface area contributed by atoms with Gasteiger partial charge in [-0.25, -0.2) is 4.79 Å². The van der Waals surface area contributed by atoms with Gasteiger partial charge < -0.3 is 15.0 Å². The van der Waals surface area contributed by atoms with Gasteiger partial charge in [0, 0.05) is 42.3 Å². The number of amides is 2. The highest BCUT2D eigenvalue weighted by Gasteiger charge is 2.30. The second kappa shape index (κ2) is 8.57. The standard InChI is InChI=1S/C21H30N4O3S/c1-14(2)11-25-12-15(10-22-25)17-6-7-18(29-17)19(26)23-16-8-9-24(13-16)20(27)28-21(3,4)5/h6-7,10,12,14,16H,8-9,11,13H2,1-5H3,(H,23,26)/t16-/m0/s1. The molecule has 2 aromatic heterocycles. The fourth-order valence-electron chi connectivity index (χ4n) is 3.21. The Morgan fingerprint density at radius 3 is 2.79 bits per heavy atom. The number of rotatable bonds is 5. The van der Waals surface area contributed by atoms with Crippen LogP contribution in [0.5, 0.6) is 0 Å². The lowest BCUT2D eigenvalue weighted by molar-refractivity contribution is 0.0290. The molecule has 0 spiro atoms. The van der Waals surface area contributed by atoms with Gasteiger partial charge in [-0.2, -0.15) is 5.10 Å². The lowest BCUT2D eigenvalue weighted by Gasteiger charge is -2.24. The first-order chi connectivity index (χ1) is 13.6. The Labute approximate surface area is 176 Å². The van der Waals surface area contributed by atoms with E-state index in [9.17, 15) is 9.59 Å². The molecule has 1 aliphatic rings. The Balaban J connectivity index is 1.56. The SMILES string of the molecule is CC(C)Cn1cc(-c2ccc(C(=O)N[C@H]3CCN(C(=O)OC(C)(C)C)C3)s2)cn1. The Kier molecular flexibility index (Phi) is 6.31. The number of thiophene rings is 1. The number of hydrogen-bond donors (Lipinski definition) is 1. The van der Waals surface area contributed by atoms with E-state index in [4.69, 9.17) is 4.74 Å². The molecule has 2 amide bonds. The molecule has 8 heteroatoms. The van der Waals surface area contributed by atoms with Gasteiger partial charge in [0.25, 0.3) is 5.91 Å². The number of likely N-dealkylation sites (tertiary alicyclic amines) is 1. The van der Waals surface area contributed by atoms with E-state index in [0.717, 1.165) is 23.4 Å². The zero-order valence-corrected chi connectivity index (χ0v) is 18.6. The van der Waals surface area contributed by atoms with Crippen LogP contribution in [0.4, 0.5) is 4.79 Å². The summed E-state index contributed by atoms with van der Waals surface area (Å²) in [6, 6.07) is 3.74. The summed E-state index contributed by atoms with van der Waals surface area (Å²) in [5.41, 5.74) is 0.501. The molecule has 158 valence electrons. The lowest BCUT2D eigenvalue weighted by atomic mass is 10.2. The second-order valence-electron chi connectivity index (χ2n) is 8.89. The molecule has 0 aromatic carbocycles. The van der Waals surface area contributed by atoms with Gasteiger partial charge in [-0.3, -0.25) is 9.48 Å². The summed E-state index contributed by atoms with van der Waals surface area (Å²) >= 11 is 1.45. The second-order valence-corrected chi connectivity index (χ2v) is 9.98. The zero-order chi connectivity index (χ0) is 21.2. The number of ether oxygens (including phenoxy) is 1. The normalized spacial score (nSPS) is 17.0. The van der Waals surface area contributed by atoms with E-state index in [-0.39, 0.29) is 18.0 Å². The number of nitrogens with one attached hydrogen (secondary N) is 1. The predicted molar refractivity (Wildman–Crippen MR) is 114 cm³/mol. The van der Waals surface area contributed by atoms with Crippen LogP contribution in [0.1, 0.15) is 50.7 Å². The molecule has 1 fully saturated rings. The molecule has 1 aliphatic heterocycles. The maximum Gasteiger partial charge on any atom is 0.410 e. The first kappa shape index (κ1) is 21.4. The van der Waals surface area contributed by atoms with Crippen molar-refractivity contribution in [1.29, 1.82) is 0 Å². The molecule has 0 radical (unpaired) electrons. The van der Waals surface area contributed by atoms with Gasteiger partial charge in [-0.1, -0.05) is 13.8 Å². The molecule has 0 unspecified atom stereocenters. The van der Waals surface area contributed by atoms with Crippen molar-refractivity contribution in [1.82, 2.24) is 20.0 Å². The van der Waals surface area contributed by atoms with Gasteiger partial charge in [0.1, 0.15) is 5.60 Å². The average molecular weight is 419 g/mol. The fourth-order valence-corrected chi connectivity index (χ4v) is 4.09. The van der Waals surface area contributed by atoms with Crippen molar-refractivity contribution in [3.8, 4) is 10.4 Å². The number of carbonyl (C=O) groups excluding carboxylic acids is 2. The molecule has 0 aliphatic carbocycles. The smallest absolute Gasteiger partial charge is 0.410 e. The van der Waals surface area contributed by atoms with E-state index in [1.54, 1.807) is 4.90 Å². The van der Waals surface area contributed by atoms with Crippen molar-refractivity contribution < 1.29 is 14.3 Å². The van der Waals surface area contributed by atoms with Gasteiger partial charge in [0.05, 0.1) is 11.1 Å². The summed E-state index contributed by atoms with van der Waals surface area (Å²) in [5, 5.41) is 7.43. The van der Waals surface area contributed by atoms with Crippen LogP contribution in [0.2, 0.25) is 0 Å². The minimum absolute atomic E-state index is 0.0608. The van der Waals surface area contributed by atoms with E-state index >= 15 is 0 Å². The summed E-state index contributed by atoms with van der Waals surface area (Å²) in [6.07, 6.45) is 4.26. The van der Waals surface area contributed by atoms with Crippen molar-refractivity contribution in [3.05, 3.63) is 29.4 Å². The van der Waals surface area contributed by atoms with Gasteiger partial charge >= 0.3 is 6.09 Å². The molecule has 0 bridgehead atoms. The Bertz CT molecular complexity index is 865. The van der Waals surface area contributed by atoms with Gasteiger partial charge in [-0.05, 0) is 45.2 Å². The third-order valence-electron chi connectivity index (χ3n) is 4.47. The van der Waals surface area contributed by atoms with Crippen LogP contribution in [-0.4, -0.2) is 51.4 Å². The van der Waals surface area contributed by atoms with Crippen LogP contribution in [0.25, 0.3) is 10.4 Å². The van der Waals surface area contributed by atoms with Crippen LogP contribution < -0.4 is 5.32 Å². The zero-order valence-electron chi connectivity index (χ0n) is 17.8. The van der Waals surface area contributed by atoms with Crippen LogP contribution in [0.15, 0.2) is 24.5 Å². The maximum atomic E-state index is 12.6. The highest BCUT2D eigenvalue weighted by Crippen LogP contribution is 2.28. The number of carbonyl (C=O) groups is 2. The van der Waals surface area contributed by atoms with Crippen LogP contribution in [-0.2, 0) is 11.3 Å². The Morgan fingerprint density at radius 2 is 2.10 bits per heavy atom. The quantitative estimate of drug-likeness (QED) is 0.796. The number of nitrogens with zero attached hydrogens (tertiary/aromatic N) is 3. The molecule has 0 saturated carbocycles. The van der Waals surface area contributed by atoms with E-state index in [2.05, 4.69) is 24.3 Å². The highest BCUT2D eigenvalue weighted by molar-refractivity contribution is 7.17. The summed E-state index contributed by atoms with van der Waals surface area (Å²) < 4.78 is 7.34. The monoisotopic (exact) mass is 418 g/mol. The van der Waals surface area contributed by atoms with Crippen molar-refractivity contribution in [3.63, 3.8) is 0 Å². The third kappa shape index (κ3) is 5.82. The van der Waals surface area contributed by atoms with Gasteiger partial charge in [-0.15, -0.1) is 11.3 Å². The van der Waals surface area contributed by atoms with Crippen molar-refractivity contribution in [2.75, 3.05) is 13.1 Å². The van der Waals surface area contributed by atoms with Gasteiger partial charge in [0.15, 0.2) is 0 Å². The third-order valence-corrected chi connectivity index (χ3v) is 5.61. The van der Waals surface area contributed by atoms with Crippen molar-refractivity contribution in [2.45, 2.75) is 59.2 Å². The van der Waals surface area contributed by atoms with Crippen molar-refractivity contribution >= 4 is 23.3 Å². The molecule has 1 atom stereocenters. The Morgan fingerprint density at radius 1 is 1.34 bits per heavy atom. The van der Waals surface area contributed by atoms with Gasteiger partial charge in [0.2, 0.25) is 0 Å². The topological polar surface area (TPSA) is 76.5 Å². The first-order valence-corrected chi connectivity index (χ1v) is 10.8. The van der Waals surface area contributed by atoms with Crippen LogP contribution >= 0.6 is 11.3 Å². The molecule has 1 N–H and O–H groups in total. The average Bonchev–Trinajstić information content (AvgIpc) is 3.32. The van der Waals surface area contributed by atoms with Crippen LogP contribution in [0, 0.1) is 5.92 Å². The molecule has 7 nitrogen and oxygen atoms in total. The summed E-state index contributed by atoms with van der Waals surface area (Å²) in [4.78, 5) is 28.2. The fraction of sp³-hybridized carbons (Fsp3) is 0.571. The largest absolute Gasteiger partial charge is 0.444 e. The minimum atomic E-state index is -0.519. The van der Waals surface area contributed by atoms with E-state index < -0.39 is 5.60 Å². The number of hydrogen-bond acceptors (Lipinski definition) is 5. The molecule has 1 saturated heterocycles. The lowest BCUT2D eigenvalue weighted by Crippen LogP contribution is -2.40. The maximum absolute atomic E-state index is 12.6. The Hall–Kier alpha value is -2.35. The summed E-state index contributed by atoms with van der Waals surface area (Å²) in [6.45, 7) is 11.8. The molecular weight excluding hydrogens is 388 g/mol. The summed E-state index contributed by atoms with van der Waals surface area (Å²) in [7, 11) is 0. The van der Waals surface area contributed by atoms with E-state index in [1.807, 2.05) is 50.0 Å². The molecule has 29 heavy (non-hydrogen) atoms.